The molecule has 1 N–H and O–H groups in total. The van der Waals surface area contributed by atoms with E-state index in [-0.39, 0.29) is 0 Å². The van der Waals surface area contributed by atoms with Crippen LogP contribution >= 0.6 is 0 Å². The molecule has 3 nitrogen and oxygen atoms in total. The number of rotatable bonds is 3. The fourth-order valence-corrected chi connectivity index (χ4v) is 2.19. The summed E-state index contributed by atoms with van der Waals surface area (Å²) in [6.07, 6.45) is 0.610. The maximum absolute atomic E-state index is 11.8. The highest BCUT2D eigenvalue weighted by atomic mass is 32.2. The first-order valence-corrected chi connectivity index (χ1v) is 6.04. The van der Waals surface area contributed by atoms with Gasteiger partial charge in [0.1, 0.15) is 7.85 Å². The van der Waals surface area contributed by atoms with Crippen LogP contribution in [0, 0.1) is 0 Å². The van der Waals surface area contributed by atoms with Crippen molar-refractivity contribution >= 4 is 17.9 Å². The van der Waals surface area contributed by atoms with Crippen LogP contribution in [0.15, 0.2) is 0 Å². The molecular formula is C8H20BNO2S. The lowest BCUT2D eigenvalue weighted by Gasteiger charge is -2.29. The third kappa shape index (κ3) is 3.69. The smallest absolute Gasteiger partial charge is 0.209 e. The molecule has 0 aromatic rings. The van der Waals surface area contributed by atoms with Crippen LogP contribution in [0.3, 0.4) is 0 Å². The highest BCUT2D eigenvalue weighted by Gasteiger charge is 2.34. The van der Waals surface area contributed by atoms with Crippen LogP contribution in [-0.4, -0.2) is 26.4 Å². The van der Waals surface area contributed by atoms with Gasteiger partial charge in [0.15, 0.2) is 0 Å². The molecule has 0 rings (SSSR count). The van der Waals surface area contributed by atoms with Gasteiger partial charge in [-0.1, -0.05) is 13.8 Å². The van der Waals surface area contributed by atoms with E-state index >= 15 is 0 Å². The summed E-state index contributed by atoms with van der Waals surface area (Å²) < 4.78 is 25.5. The van der Waals surface area contributed by atoms with E-state index in [4.69, 9.17) is 0 Å². The molecule has 0 fully saturated rings. The van der Waals surface area contributed by atoms with Crippen molar-refractivity contribution in [1.29, 1.82) is 0 Å². The minimum atomic E-state index is -3.22. The zero-order valence-corrected chi connectivity index (χ0v) is 10.2. The second-order valence-electron chi connectivity index (χ2n) is 4.97. The third-order valence-electron chi connectivity index (χ3n) is 2.02. The van der Waals surface area contributed by atoms with Crippen LogP contribution in [0.5, 0.6) is 0 Å². The van der Waals surface area contributed by atoms with Crippen molar-refractivity contribution in [2.75, 3.05) is 0 Å². The van der Waals surface area contributed by atoms with Crippen molar-refractivity contribution in [3.63, 3.8) is 0 Å². The Kier molecular flexibility index (Phi) is 3.61. The van der Waals surface area contributed by atoms with Crippen LogP contribution in [0.1, 0.15) is 41.0 Å². The standard InChI is InChI=1S/C8H20BNO2S/c1-6-8(5,9)13(11,12)10-7(2,3)4/h10H,6,9H2,1-5H3. The summed E-state index contributed by atoms with van der Waals surface area (Å²) in [6, 6.07) is 0. The van der Waals surface area contributed by atoms with Crippen LogP contribution in [-0.2, 0) is 10.0 Å². The molecule has 0 aromatic heterocycles. The fourth-order valence-electron chi connectivity index (χ4n) is 0.731. The van der Waals surface area contributed by atoms with E-state index in [1.54, 1.807) is 14.8 Å². The van der Waals surface area contributed by atoms with E-state index in [9.17, 15) is 8.42 Å². The minimum absolute atomic E-state index is 0.398. The molecule has 0 aliphatic heterocycles. The average Bonchev–Trinajstić information content (AvgIpc) is 1.81. The summed E-state index contributed by atoms with van der Waals surface area (Å²) >= 11 is 0. The zero-order chi connectivity index (χ0) is 10.9. The van der Waals surface area contributed by atoms with E-state index < -0.39 is 20.2 Å². The van der Waals surface area contributed by atoms with Crippen molar-refractivity contribution in [2.24, 2.45) is 0 Å². The summed E-state index contributed by atoms with van der Waals surface area (Å²) in [6.45, 7) is 9.14. The van der Waals surface area contributed by atoms with E-state index in [1.807, 2.05) is 27.7 Å². The summed E-state index contributed by atoms with van der Waals surface area (Å²) in [7, 11) is -1.48. The molecule has 0 saturated carbocycles. The maximum atomic E-state index is 11.8. The second-order valence-corrected chi connectivity index (χ2v) is 7.28. The topological polar surface area (TPSA) is 46.2 Å². The molecule has 0 amide bonds. The number of hydrogen-bond donors (Lipinski definition) is 1. The van der Waals surface area contributed by atoms with Gasteiger partial charge in [-0.15, -0.1) is 0 Å². The van der Waals surface area contributed by atoms with Gasteiger partial charge in [-0.25, -0.2) is 13.1 Å². The summed E-state index contributed by atoms with van der Waals surface area (Å²) in [5.74, 6) is 0. The minimum Gasteiger partial charge on any atom is -0.213 e. The Bertz CT molecular complexity index is 264. The predicted octanol–water partition coefficient (Wildman–Crippen LogP) is 0.464. The van der Waals surface area contributed by atoms with Crippen molar-refractivity contribution < 1.29 is 8.42 Å². The van der Waals surface area contributed by atoms with Crippen LogP contribution in [0.2, 0.25) is 0 Å². The van der Waals surface area contributed by atoms with Crippen molar-refractivity contribution in [3.8, 4) is 0 Å². The Morgan fingerprint density at radius 3 is 1.85 bits per heavy atom. The highest BCUT2D eigenvalue weighted by molar-refractivity contribution is 7.92. The lowest BCUT2D eigenvalue weighted by atomic mass is 9.86. The van der Waals surface area contributed by atoms with Crippen molar-refractivity contribution in [1.82, 2.24) is 4.72 Å². The first kappa shape index (κ1) is 13.0. The van der Waals surface area contributed by atoms with Gasteiger partial charge in [0, 0.05) is 5.54 Å². The van der Waals surface area contributed by atoms with E-state index in [1.165, 1.54) is 0 Å². The molecule has 0 heterocycles. The molecule has 0 aliphatic rings. The van der Waals surface area contributed by atoms with Gasteiger partial charge < -0.3 is 0 Å². The normalized spacial score (nSPS) is 18.2. The Balaban J connectivity index is 4.81. The van der Waals surface area contributed by atoms with E-state index in [2.05, 4.69) is 4.72 Å². The van der Waals surface area contributed by atoms with E-state index in [0.717, 1.165) is 0 Å². The molecule has 13 heavy (non-hydrogen) atoms. The first-order chi connectivity index (χ1) is 5.52. The Hall–Kier alpha value is -0.0251. The second kappa shape index (κ2) is 3.61. The zero-order valence-electron chi connectivity index (χ0n) is 9.43. The summed E-state index contributed by atoms with van der Waals surface area (Å²) in [4.78, 5) is 0. The molecule has 0 radical (unpaired) electrons. The predicted molar refractivity (Wildman–Crippen MR) is 59.0 cm³/mol. The number of sulfonamides is 1. The van der Waals surface area contributed by atoms with E-state index in [0.29, 0.717) is 6.42 Å². The molecule has 0 spiro atoms. The van der Waals surface area contributed by atoms with Gasteiger partial charge in [0.05, 0.1) is 4.65 Å². The van der Waals surface area contributed by atoms with Crippen LogP contribution in [0.4, 0.5) is 0 Å². The molecule has 5 heteroatoms. The van der Waals surface area contributed by atoms with Crippen molar-refractivity contribution in [3.05, 3.63) is 0 Å². The highest BCUT2D eigenvalue weighted by Crippen LogP contribution is 2.17. The Morgan fingerprint density at radius 2 is 1.62 bits per heavy atom. The Labute approximate surface area is 82.8 Å². The molecule has 78 valence electrons. The van der Waals surface area contributed by atoms with Gasteiger partial charge in [0.25, 0.3) is 0 Å². The van der Waals surface area contributed by atoms with Crippen LogP contribution in [0.25, 0.3) is 0 Å². The van der Waals surface area contributed by atoms with Gasteiger partial charge >= 0.3 is 0 Å². The lowest BCUT2D eigenvalue weighted by molar-refractivity contribution is 0.479. The molecule has 0 aromatic carbocycles. The number of nitrogens with one attached hydrogen (secondary N) is 1. The summed E-state index contributed by atoms with van der Waals surface area (Å²) in [5, 5.41) is 0. The molecule has 0 aliphatic carbocycles. The third-order valence-corrected chi connectivity index (χ3v) is 4.64. The SMILES string of the molecule is BC(C)(CC)S(=O)(=O)NC(C)(C)C. The molecule has 0 saturated heterocycles. The Morgan fingerprint density at radius 1 is 1.23 bits per heavy atom. The molecule has 0 bridgehead atoms. The molecular weight excluding hydrogens is 185 g/mol. The molecule has 1 unspecified atom stereocenters. The van der Waals surface area contributed by atoms with Gasteiger partial charge in [0.2, 0.25) is 10.0 Å². The average molecular weight is 205 g/mol. The first-order valence-electron chi connectivity index (χ1n) is 4.55. The largest absolute Gasteiger partial charge is 0.213 e. The quantitative estimate of drug-likeness (QED) is 0.680. The van der Waals surface area contributed by atoms with Gasteiger partial charge in [-0.05, 0) is 27.2 Å². The fraction of sp³-hybridized carbons (Fsp3) is 1.00. The number of hydrogen-bond acceptors (Lipinski definition) is 2. The molecule has 1 atom stereocenters. The van der Waals surface area contributed by atoms with Crippen molar-refractivity contribution in [2.45, 2.75) is 51.2 Å². The van der Waals surface area contributed by atoms with Gasteiger partial charge in [-0.2, -0.15) is 0 Å². The monoisotopic (exact) mass is 205 g/mol. The lowest BCUT2D eigenvalue weighted by Crippen LogP contribution is -2.51. The van der Waals surface area contributed by atoms with Gasteiger partial charge in [-0.3, -0.25) is 0 Å². The van der Waals surface area contributed by atoms with Crippen LogP contribution < -0.4 is 4.72 Å². The maximum Gasteiger partial charge on any atom is 0.209 e. The summed E-state index contributed by atoms with van der Waals surface area (Å²) in [5.41, 5.74) is -0.398.